The van der Waals surface area contributed by atoms with Crippen LogP contribution in [0.4, 0.5) is 5.69 Å². The minimum Gasteiger partial charge on any atom is -0.481 e. The zero-order valence-corrected chi connectivity index (χ0v) is 13.4. The van der Waals surface area contributed by atoms with Gasteiger partial charge >= 0.3 is 5.97 Å². The highest BCUT2D eigenvalue weighted by Crippen LogP contribution is 2.23. The van der Waals surface area contributed by atoms with Crippen LogP contribution in [0.2, 0.25) is 0 Å². The van der Waals surface area contributed by atoms with Crippen LogP contribution in [-0.4, -0.2) is 17.0 Å². The quantitative estimate of drug-likeness (QED) is 0.318. The van der Waals surface area contributed by atoms with Gasteiger partial charge in [-0.2, -0.15) is 0 Å². The van der Waals surface area contributed by atoms with Crippen molar-refractivity contribution in [3.63, 3.8) is 0 Å². The highest BCUT2D eigenvalue weighted by atomic mass is 16.4. The Labute approximate surface area is 132 Å². The molecule has 22 heavy (non-hydrogen) atoms. The van der Waals surface area contributed by atoms with Crippen molar-refractivity contribution in [3.8, 4) is 0 Å². The smallest absolute Gasteiger partial charge is 0.316 e. The standard InChI is InChI=1S/C17H26N2O3/c1-3-5-9-13-10-7-8-12-15(13)19(18)16(20)14(17(21)22)11-6-4-2/h7-8,10,12,14H,3-6,9,11,18H2,1-2H3,(H,21,22). The number of aliphatic carboxylic acids is 1. The summed E-state index contributed by atoms with van der Waals surface area (Å²) < 4.78 is 0. The first-order chi connectivity index (χ1) is 10.5. The zero-order chi connectivity index (χ0) is 16.5. The number of hydrogen-bond donors (Lipinski definition) is 2. The molecule has 0 saturated carbocycles. The Kier molecular flexibility index (Phi) is 7.60. The topological polar surface area (TPSA) is 83.6 Å². The van der Waals surface area contributed by atoms with Gasteiger partial charge in [-0.05, 0) is 30.9 Å². The maximum Gasteiger partial charge on any atom is 0.316 e. The number of carboxylic acids is 1. The lowest BCUT2D eigenvalue weighted by molar-refractivity contribution is -0.146. The van der Waals surface area contributed by atoms with E-state index in [1.54, 1.807) is 12.1 Å². The van der Waals surface area contributed by atoms with Crippen LogP contribution in [0.5, 0.6) is 0 Å². The van der Waals surface area contributed by atoms with Crippen molar-refractivity contribution in [3.05, 3.63) is 29.8 Å². The molecule has 1 aromatic carbocycles. The fourth-order valence-electron chi connectivity index (χ4n) is 2.37. The summed E-state index contributed by atoms with van der Waals surface area (Å²) in [5.74, 6) is 3.20. The number of anilines is 1. The van der Waals surface area contributed by atoms with E-state index in [0.717, 1.165) is 36.3 Å². The molecule has 1 atom stereocenters. The van der Waals surface area contributed by atoms with Crippen molar-refractivity contribution in [2.75, 3.05) is 5.01 Å². The van der Waals surface area contributed by atoms with Gasteiger partial charge in [0.05, 0.1) is 5.69 Å². The highest BCUT2D eigenvalue weighted by molar-refractivity contribution is 6.05. The van der Waals surface area contributed by atoms with Gasteiger partial charge in [-0.15, -0.1) is 0 Å². The summed E-state index contributed by atoms with van der Waals surface area (Å²) in [6.45, 7) is 4.06. The number of carbonyl (C=O) groups excluding carboxylic acids is 1. The number of carbonyl (C=O) groups is 2. The Morgan fingerprint density at radius 3 is 2.41 bits per heavy atom. The van der Waals surface area contributed by atoms with Gasteiger partial charge in [-0.1, -0.05) is 51.3 Å². The maximum atomic E-state index is 12.4. The molecule has 5 heteroatoms. The Morgan fingerprint density at radius 1 is 1.18 bits per heavy atom. The molecular weight excluding hydrogens is 280 g/mol. The lowest BCUT2D eigenvalue weighted by Crippen LogP contribution is -2.44. The predicted octanol–water partition coefficient (Wildman–Crippen LogP) is 3.13. The molecule has 0 saturated heterocycles. The first kappa shape index (κ1) is 18.2. The molecule has 3 N–H and O–H groups in total. The van der Waals surface area contributed by atoms with E-state index < -0.39 is 17.8 Å². The molecule has 0 aliphatic rings. The number of benzene rings is 1. The van der Waals surface area contributed by atoms with E-state index in [0.29, 0.717) is 18.5 Å². The number of amides is 1. The fraction of sp³-hybridized carbons (Fsp3) is 0.529. The lowest BCUT2D eigenvalue weighted by atomic mass is 10.00. The molecule has 0 aromatic heterocycles. The maximum absolute atomic E-state index is 12.4. The summed E-state index contributed by atoms with van der Waals surface area (Å²) in [7, 11) is 0. The van der Waals surface area contributed by atoms with Crippen LogP contribution in [0.15, 0.2) is 24.3 Å². The normalized spacial score (nSPS) is 12.0. The molecule has 0 radical (unpaired) electrons. The van der Waals surface area contributed by atoms with Crippen LogP contribution in [0.25, 0.3) is 0 Å². The average Bonchev–Trinajstić information content (AvgIpc) is 2.52. The Morgan fingerprint density at radius 2 is 1.82 bits per heavy atom. The van der Waals surface area contributed by atoms with Crippen molar-refractivity contribution in [1.29, 1.82) is 0 Å². The van der Waals surface area contributed by atoms with E-state index in [1.165, 1.54) is 0 Å². The Balaban J connectivity index is 2.95. The Bertz CT molecular complexity index is 502. The van der Waals surface area contributed by atoms with Gasteiger partial charge in [-0.3, -0.25) is 9.59 Å². The molecule has 0 heterocycles. The second-order valence-corrected chi connectivity index (χ2v) is 5.47. The van der Waals surface area contributed by atoms with Gasteiger partial charge in [0.2, 0.25) is 0 Å². The van der Waals surface area contributed by atoms with Crippen LogP contribution in [0, 0.1) is 5.92 Å². The van der Waals surface area contributed by atoms with E-state index >= 15 is 0 Å². The molecule has 0 fully saturated rings. The number of nitrogens with zero attached hydrogens (tertiary/aromatic N) is 1. The molecular formula is C17H26N2O3. The van der Waals surface area contributed by atoms with Gasteiger partial charge in [-0.25, -0.2) is 10.9 Å². The SMILES string of the molecule is CCCCc1ccccc1N(N)C(=O)C(CCCC)C(=O)O. The van der Waals surface area contributed by atoms with E-state index in [4.69, 9.17) is 5.84 Å². The minimum absolute atomic E-state index is 0.315. The van der Waals surface area contributed by atoms with Crippen molar-refractivity contribution in [2.45, 2.75) is 52.4 Å². The van der Waals surface area contributed by atoms with E-state index in [1.807, 2.05) is 19.1 Å². The molecule has 5 nitrogen and oxygen atoms in total. The summed E-state index contributed by atoms with van der Waals surface area (Å²) in [4.78, 5) is 23.8. The largest absolute Gasteiger partial charge is 0.481 e. The second kappa shape index (κ2) is 9.20. The summed E-state index contributed by atoms with van der Waals surface area (Å²) in [6, 6.07) is 7.40. The van der Waals surface area contributed by atoms with Crippen LogP contribution in [0.3, 0.4) is 0 Å². The molecule has 1 unspecified atom stereocenters. The molecule has 1 rings (SSSR count). The summed E-state index contributed by atoms with van der Waals surface area (Å²) in [5, 5.41) is 10.3. The molecule has 0 aliphatic heterocycles. The lowest BCUT2D eigenvalue weighted by Gasteiger charge is -2.23. The predicted molar refractivity (Wildman–Crippen MR) is 87.4 cm³/mol. The van der Waals surface area contributed by atoms with Gasteiger partial charge in [0.1, 0.15) is 5.92 Å². The van der Waals surface area contributed by atoms with Gasteiger partial charge in [0.15, 0.2) is 0 Å². The second-order valence-electron chi connectivity index (χ2n) is 5.47. The van der Waals surface area contributed by atoms with Gasteiger partial charge in [0.25, 0.3) is 5.91 Å². The van der Waals surface area contributed by atoms with Crippen molar-refractivity contribution in [1.82, 2.24) is 0 Å². The third-order valence-electron chi connectivity index (χ3n) is 3.73. The highest BCUT2D eigenvalue weighted by Gasteiger charge is 2.30. The van der Waals surface area contributed by atoms with Crippen LogP contribution < -0.4 is 10.9 Å². The third-order valence-corrected chi connectivity index (χ3v) is 3.73. The van der Waals surface area contributed by atoms with E-state index in [9.17, 15) is 14.7 Å². The number of para-hydroxylation sites is 1. The van der Waals surface area contributed by atoms with Crippen LogP contribution >= 0.6 is 0 Å². The third kappa shape index (κ3) is 4.84. The summed E-state index contributed by atoms with van der Waals surface area (Å²) in [5.41, 5.74) is 1.57. The molecule has 1 amide bonds. The fourth-order valence-corrected chi connectivity index (χ4v) is 2.37. The van der Waals surface area contributed by atoms with E-state index in [-0.39, 0.29) is 0 Å². The summed E-state index contributed by atoms with van der Waals surface area (Å²) >= 11 is 0. The van der Waals surface area contributed by atoms with Gasteiger partial charge in [0, 0.05) is 0 Å². The first-order valence-corrected chi connectivity index (χ1v) is 7.92. The minimum atomic E-state index is -1.11. The van der Waals surface area contributed by atoms with Crippen molar-refractivity contribution >= 4 is 17.6 Å². The molecule has 1 aromatic rings. The molecule has 122 valence electrons. The van der Waals surface area contributed by atoms with Crippen LogP contribution in [-0.2, 0) is 16.0 Å². The number of carboxylic acid groups (broad SMARTS) is 1. The van der Waals surface area contributed by atoms with Crippen molar-refractivity contribution < 1.29 is 14.7 Å². The average molecular weight is 306 g/mol. The monoisotopic (exact) mass is 306 g/mol. The number of hydrogen-bond acceptors (Lipinski definition) is 3. The Hall–Kier alpha value is -1.88. The number of hydrazine groups is 1. The number of unbranched alkanes of at least 4 members (excludes halogenated alkanes) is 2. The number of rotatable bonds is 9. The summed E-state index contributed by atoms with van der Waals surface area (Å²) in [6.07, 6.45) is 4.71. The molecule has 0 spiro atoms. The number of aryl methyl sites for hydroxylation is 1. The van der Waals surface area contributed by atoms with Gasteiger partial charge < -0.3 is 5.11 Å². The molecule has 0 aliphatic carbocycles. The van der Waals surface area contributed by atoms with Crippen molar-refractivity contribution in [2.24, 2.45) is 11.8 Å². The first-order valence-electron chi connectivity index (χ1n) is 7.92. The van der Waals surface area contributed by atoms with E-state index in [2.05, 4.69) is 6.92 Å². The van der Waals surface area contributed by atoms with Crippen LogP contribution in [0.1, 0.15) is 51.5 Å². The zero-order valence-electron chi connectivity index (χ0n) is 13.4. The number of nitrogens with two attached hydrogens (primary N) is 1. The molecule has 0 bridgehead atoms.